The van der Waals surface area contributed by atoms with Crippen LogP contribution in [0.3, 0.4) is 0 Å². The number of ether oxygens (including phenoxy) is 1. The zero-order valence-corrected chi connectivity index (χ0v) is 20.4. The van der Waals surface area contributed by atoms with Crippen molar-refractivity contribution in [2.24, 2.45) is 10.9 Å². The lowest BCUT2D eigenvalue weighted by Crippen LogP contribution is -2.44. The highest BCUT2D eigenvalue weighted by atomic mass is 19.4. The molecule has 194 valence electrons. The number of hydrogen-bond donors (Lipinski definition) is 0. The highest BCUT2D eigenvalue weighted by molar-refractivity contribution is 6.03. The molecule has 2 aliphatic rings. The maximum Gasteiger partial charge on any atom is 0.416 e. The second kappa shape index (κ2) is 9.68. The summed E-state index contributed by atoms with van der Waals surface area (Å²) in [5.41, 5.74) is 1.72. The van der Waals surface area contributed by atoms with Gasteiger partial charge in [-0.1, -0.05) is 12.1 Å². The van der Waals surface area contributed by atoms with E-state index in [2.05, 4.69) is 9.89 Å². The van der Waals surface area contributed by atoms with Gasteiger partial charge >= 0.3 is 6.18 Å². The first-order chi connectivity index (χ1) is 17.7. The first kappa shape index (κ1) is 25.0. The van der Waals surface area contributed by atoms with Crippen LogP contribution in [-0.2, 0) is 12.7 Å². The number of para-hydroxylation sites is 1. The molecule has 0 bridgehead atoms. The molecule has 9 heteroatoms. The van der Waals surface area contributed by atoms with E-state index in [4.69, 9.17) is 4.74 Å². The second-order valence-electron chi connectivity index (χ2n) is 9.38. The maximum absolute atomic E-state index is 14.7. The lowest BCUT2D eigenvalue weighted by Gasteiger charge is -2.40. The van der Waals surface area contributed by atoms with Crippen molar-refractivity contribution in [1.82, 2.24) is 0 Å². The Morgan fingerprint density at radius 3 is 2.38 bits per heavy atom. The number of halogens is 5. The first-order valence-corrected chi connectivity index (χ1v) is 12.1. The third-order valence-corrected chi connectivity index (χ3v) is 7.07. The molecule has 5 rings (SSSR count). The van der Waals surface area contributed by atoms with Crippen LogP contribution >= 0.6 is 0 Å². The van der Waals surface area contributed by atoms with Crippen molar-refractivity contribution in [3.63, 3.8) is 0 Å². The van der Waals surface area contributed by atoms with Gasteiger partial charge in [0.2, 0.25) is 0 Å². The van der Waals surface area contributed by atoms with Crippen molar-refractivity contribution >= 4 is 22.9 Å². The van der Waals surface area contributed by atoms with Crippen molar-refractivity contribution in [2.45, 2.75) is 32.5 Å². The fourth-order valence-electron chi connectivity index (χ4n) is 5.06. The summed E-state index contributed by atoms with van der Waals surface area (Å²) in [7, 11) is 1.41. The number of amidine groups is 1. The van der Waals surface area contributed by atoms with Gasteiger partial charge in [-0.25, -0.2) is 13.8 Å². The molecule has 37 heavy (non-hydrogen) atoms. The van der Waals surface area contributed by atoms with E-state index in [1.54, 1.807) is 36.1 Å². The average molecular weight is 516 g/mol. The van der Waals surface area contributed by atoms with Gasteiger partial charge in [0.15, 0.2) is 0 Å². The average Bonchev–Trinajstić information content (AvgIpc) is 2.89. The number of rotatable bonds is 4. The van der Waals surface area contributed by atoms with Gasteiger partial charge < -0.3 is 14.5 Å². The number of piperidine rings is 1. The molecule has 0 atom stereocenters. The summed E-state index contributed by atoms with van der Waals surface area (Å²) in [4.78, 5) is 8.55. The highest BCUT2D eigenvalue weighted by Gasteiger charge is 2.36. The molecule has 0 N–H and O–H groups in total. The number of nitrogens with zero attached hydrogens (tertiary/aromatic N) is 3. The lowest BCUT2D eigenvalue weighted by atomic mass is 9.92. The van der Waals surface area contributed by atoms with Crippen LogP contribution in [0.2, 0.25) is 0 Å². The van der Waals surface area contributed by atoms with Gasteiger partial charge in [-0.15, -0.1) is 0 Å². The molecule has 2 heterocycles. The molecule has 1 fully saturated rings. The monoisotopic (exact) mass is 515 g/mol. The minimum Gasteiger partial charge on any atom is -0.495 e. The fraction of sp³-hybridized carbons (Fsp3) is 0.321. The number of aryl methyl sites for hydroxylation is 1. The van der Waals surface area contributed by atoms with Crippen molar-refractivity contribution in [3.8, 4) is 5.75 Å². The molecular formula is C28H26F5N3O. The zero-order chi connectivity index (χ0) is 26.3. The molecule has 0 amide bonds. The third-order valence-electron chi connectivity index (χ3n) is 7.07. The topological polar surface area (TPSA) is 28.1 Å². The number of hydrogen-bond acceptors (Lipinski definition) is 4. The smallest absolute Gasteiger partial charge is 0.416 e. The van der Waals surface area contributed by atoms with Crippen molar-refractivity contribution in [3.05, 3.63) is 82.9 Å². The lowest BCUT2D eigenvalue weighted by molar-refractivity contribution is -0.137. The summed E-state index contributed by atoms with van der Waals surface area (Å²) in [6.45, 7) is 3.18. The molecule has 0 aliphatic carbocycles. The number of benzene rings is 3. The number of anilines is 2. The van der Waals surface area contributed by atoms with Gasteiger partial charge in [0, 0.05) is 30.3 Å². The number of methoxy groups -OCH3 is 1. The van der Waals surface area contributed by atoms with Gasteiger partial charge in [-0.05, 0) is 67.8 Å². The molecule has 0 spiro atoms. The van der Waals surface area contributed by atoms with E-state index >= 15 is 0 Å². The van der Waals surface area contributed by atoms with Crippen molar-refractivity contribution in [1.29, 1.82) is 0 Å². The van der Waals surface area contributed by atoms with Crippen LogP contribution < -0.4 is 14.5 Å². The van der Waals surface area contributed by atoms with E-state index in [1.807, 2.05) is 0 Å². The van der Waals surface area contributed by atoms with Gasteiger partial charge in [0.25, 0.3) is 0 Å². The Labute approximate surface area is 212 Å². The van der Waals surface area contributed by atoms with Gasteiger partial charge in [0.05, 0.1) is 24.9 Å². The summed E-state index contributed by atoms with van der Waals surface area (Å²) in [5.74, 6) is -0.0545. The number of aliphatic imine (C=N–C) groups is 1. The second-order valence-corrected chi connectivity index (χ2v) is 9.38. The van der Waals surface area contributed by atoms with Crippen LogP contribution in [0, 0.1) is 24.5 Å². The Hall–Kier alpha value is -3.62. The molecule has 0 aromatic heterocycles. The van der Waals surface area contributed by atoms with E-state index in [0.717, 1.165) is 17.8 Å². The standard InChI is InChI=1S/C28H26F5N3O/c1-17-14-21(7-8-22(17)29)35-12-10-18(11-13-35)27-34-26-19(4-3-5-23(26)30)16-36(27)24-15-20(28(31,32)33)6-9-25(24)37-2/h3-9,14-15,18H,10-13,16H2,1-2H3. The van der Waals surface area contributed by atoms with Crippen molar-refractivity contribution in [2.75, 3.05) is 30.0 Å². The van der Waals surface area contributed by atoms with E-state index in [0.29, 0.717) is 42.9 Å². The molecule has 3 aromatic carbocycles. The van der Waals surface area contributed by atoms with E-state index in [9.17, 15) is 22.0 Å². The van der Waals surface area contributed by atoms with Crippen molar-refractivity contribution < 1.29 is 26.7 Å². The Bertz CT molecular complexity index is 1350. The minimum atomic E-state index is -4.53. The molecule has 0 unspecified atom stereocenters. The Balaban J connectivity index is 1.51. The summed E-state index contributed by atoms with van der Waals surface area (Å²) in [6.07, 6.45) is -3.23. The molecule has 4 nitrogen and oxygen atoms in total. The molecule has 3 aromatic rings. The van der Waals surface area contributed by atoms with E-state index in [-0.39, 0.29) is 35.4 Å². The van der Waals surface area contributed by atoms with Crippen LogP contribution in [0.15, 0.2) is 59.6 Å². The van der Waals surface area contributed by atoms with Gasteiger partial charge in [-0.3, -0.25) is 0 Å². The highest BCUT2D eigenvalue weighted by Crippen LogP contribution is 2.42. The Morgan fingerprint density at radius 1 is 0.946 bits per heavy atom. The quantitative estimate of drug-likeness (QED) is 0.342. The van der Waals surface area contributed by atoms with Crippen LogP contribution in [-0.4, -0.2) is 26.0 Å². The normalized spacial score (nSPS) is 16.5. The molecular weight excluding hydrogens is 489 g/mol. The SMILES string of the molecule is COc1ccc(C(F)(F)F)cc1N1Cc2cccc(F)c2N=C1C1CCN(c2ccc(F)c(C)c2)CC1. The zero-order valence-electron chi connectivity index (χ0n) is 20.4. The van der Waals surface area contributed by atoms with Gasteiger partial charge in [-0.2, -0.15) is 13.2 Å². The number of alkyl halides is 3. The predicted octanol–water partition coefficient (Wildman–Crippen LogP) is 7.27. The van der Waals surface area contributed by atoms with E-state index in [1.165, 1.54) is 25.3 Å². The van der Waals surface area contributed by atoms with E-state index < -0.39 is 17.6 Å². The van der Waals surface area contributed by atoms with Crippen LogP contribution in [0.5, 0.6) is 5.75 Å². The van der Waals surface area contributed by atoms with Crippen LogP contribution in [0.25, 0.3) is 0 Å². The van der Waals surface area contributed by atoms with Crippen LogP contribution in [0.1, 0.15) is 29.5 Å². The summed E-state index contributed by atoms with van der Waals surface area (Å²) in [6, 6.07) is 13.0. The summed E-state index contributed by atoms with van der Waals surface area (Å²) >= 11 is 0. The molecule has 0 radical (unpaired) electrons. The molecule has 1 saturated heterocycles. The minimum absolute atomic E-state index is 0.121. The Morgan fingerprint density at radius 2 is 1.70 bits per heavy atom. The summed E-state index contributed by atoms with van der Waals surface area (Å²) in [5, 5.41) is 0. The number of fused-ring (bicyclic) bond motifs is 1. The molecule has 0 saturated carbocycles. The third kappa shape index (κ3) is 4.86. The molecule has 2 aliphatic heterocycles. The van der Waals surface area contributed by atoms with Crippen LogP contribution in [0.4, 0.5) is 39.0 Å². The first-order valence-electron chi connectivity index (χ1n) is 12.1. The Kier molecular flexibility index (Phi) is 6.56. The predicted molar refractivity (Wildman–Crippen MR) is 134 cm³/mol. The maximum atomic E-state index is 14.7. The fourth-order valence-corrected chi connectivity index (χ4v) is 5.06. The largest absolute Gasteiger partial charge is 0.495 e. The summed E-state index contributed by atoms with van der Waals surface area (Å²) < 4.78 is 74.7. The van der Waals surface area contributed by atoms with Gasteiger partial charge in [0.1, 0.15) is 28.9 Å².